The van der Waals surface area contributed by atoms with Gasteiger partial charge in [0.15, 0.2) is 0 Å². The summed E-state index contributed by atoms with van der Waals surface area (Å²) < 4.78 is 33.8. The van der Waals surface area contributed by atoms with E-state index in [-0.39, 0.29) is 33.1 Å². The third kappa shape index (κ3) is 8.13. The lowest BCUT2D eigenvalue weighted by Crippen LogP contribution is -2.51. The summed E-state index contributed by atoms with van der Waals surface area (Å²) in [4.78, 5) is 28.3. The average Bonchev–Trinajstić information content (AvgIpc) is 2.94. The van der Waals surface area contributed by atoms with E-state index in [1.165, 1.54) is 35.2 Å². The largest absolute Gasteiger partial charge is 0.497 e. The second-order valence-electron chi connectivity index (χ2n) is 9.14. The van der Waals surface area contributed by atoms with Crippen LogP contribution in [0.4, 0.5) is 5.69 Å². The van der Waals surface area contributed by atoms with Crippen LogP contribution >= 0.6 is 23.2 Å². The normalized spacial score (nSPS) is 11.9. The van der Waals surface area contributed by atoms with Gasteiger partial charge in [0.1, 0.15) is 18.3 Å². The van der Waals surface area contributed by atoms with Gasteiger partial charge in [-0.05, 0) is 61.4 Å². The van der Waals surface area contributed by atoms with Gasteiger partial charge in [-0.15, -0.1) is 0 Å². The molecule has 3 rings (SSSR count). The maximum atomic E-state index is 13.9. The van der Waals surface area contributed by atoms with Gasteiger partial charge in [-0.1, -0.05) is 66.9 Å². The number of carbonyl (C=O) groups is 2. The van der Waals surface area contributed by atoms with Crippen molar-refractivity contribution in [3.05, 3.63) is 88.4 Å². The standard InChI is InChI=1S/C29H33Cl2N3O5S/c1-4-5-15-32-29(36)21(2)33(19-22-11-13-26(39-3)14-12-22)28(35)20-34(25-17-23(30)16-24(31)18-25)40(37,38)27-9-7-6-8-10-27/h6-14,16-18,21H,4-5,15,19-20H2,1-3H3,(H,32,36). The third-order valence-electron chi connectivity index (χ3n) is 6.25. The predicted octanol–water partition coefficient (Wildman–Crippen LogP) is 5.53. The van der Waals surface area contributed by atoms with Crippen LogP contribution in [0.25, 0.3) is 0 Å². The summed E-state index contributed by atoms with van der Waals surface area (Å²) in [6, 6.07) is 18.3. The van der Waals surface area contributed by atoms with Crippen LogP contribution in [0.15, 0.2) is 77.7 Å². The van der Waals surface area contributed by atoms with Crippen molar-refractivity contribution in [2.45, 2.75) is 44.2 Å². The molecular weight excluding hydrogens is 573 g/mol. The van der Waals surface area contributed by atoms with Crippen molar-refractivity contribution in [3.8, 4) is 5.75 Å². The number of nitrogens with zero attached hydrogens (tertiary/aromatic N) is 2. The van der Waals surface area contributed by atoms with E-state index in [2.05, 4.69) is 5.32 Å². The van der Waals surface area contributed by atoms with Gasteiger partial charge in [-0.2, -0.15) is 0 Å². The van der Waals surface area contributed by atoms with Crippen LogP contribution in [-0.2, 0) is 26.2 Å². The molecule has 3 aromatic rings. The summed E-state index contributed by atoms with van der Waals surface area (Å²) in [5.41, 5.74) is 0.866. The first-order chi connectivity index (χ1) is 19.1. The predicted molar refractivity (Wildman–Crippen MR) is 158 cm³/mol. The number of ether oxygens (including phenoxy) is 1. The molecule has 0 aliphatic carbocycles. The molecular formula is C29H33Cl2N3O5S. The molecule has 3 aromatic carbocycles. The number of rotatable bonds is 13. The lowest BCUT2D eigenvalue weighted by atomic mass is 10.1. The van der Waals surface area contributed by atoms with E-state index in [0.717, 1.165) is 22.7 Å². The molecule has 0 fully saturated rings. The van der Waals surface area contributed by atoms with Gasteiger partial charge in [0.25, 0.3) is 10.0 Å². The molecule has 214 valence electrons. The number of benzene rings is 3. The van der Waals surface area contributed by atoms with E-state index in [4.69, 9.17) is 27.9 Å². The minimum atomic E-state index is -4.21. The van der Waals surface area contributed by atoms with Crippen LogP contribution < -0.4 is 14.4 Å². The minimum Gasteiger partial charge on any atom is -0.497 e. The molecule has 1 unspecified atom stereocenters. The maximum absolute atomic E-state index is 13.9. The molecule has 0 bridgehead atoms. The maximum Gasteiger partial charge on any atom is 0.264 e. The van der Waals surface area contributed by atoms with Gasteiger partial charge >= 0.3 is 0 Å². The molecule has 1 N–H and O–H groups in total. The van der Waals surface area contributed by atoms with Gasteiger partial charge in [-0.3, -0.25) is 13.9 Å². The lowest BCUT2D eigenvalue weighted by molar-refractivity contribution is -0.139. The topological polar surface area (TPSA) is 96.0 Å². The zero-order valence-electron chi connectivity index (χ0n) is 22.6. The number of unbranched alkanes of at least 4 members (excludes halogenated alkanes) is 1. The summed E-state index contributed by atoms with van der Waals surface area (Å²) in [5.74, 6) is -0.270. The molecule has 0 aromatic heterocycles. The van der Waals surface area contributed by atoms with Gasteiger partial charge in [0, 0.05) is 23.1 Å². The van der Waals surface area contributed by atoms with Crippen molar-refractivity contribution in [1.29, 1.82) is 0 Å². The van der Waals surface area contributed by atoms with Crippen LogP contribution in [0.5, 0.6) is 5.75 Å². The first-order valence-corrected chi connectivity index (χ1v) is 15.0. The van der Waals surface area contributed by atoms with Crippen LogP contribution in [0.1, 0.15) is 32.3 Å². The van der Waals surface area contributed by atoms with E-state index in [1.54, 1.807) is 56.5 Å². The minimum absolute atomic E-state index is 0.00837. The molecule has 0 heterocycles. The molecule has 0 radical (unpaired) electrons. The van der Waals surface area contributed by atoms with Gasteiger partial charge < -0.3 is 15.0 Å². The van der Waals surface area contributed by atoms with E-state index in [9.17, 15) is 18.0 Å². The first-order valence-electron chi connectivity index (χ1n) is 12.8. The number of hydrogen-bond donors (Lipinski definition) is 1. The van der Waals surface area contributed by atoms with Crippen LogP contribution in [0.2, 0.25) is 10.0 Å². The van der Waals surface area contributed by atoms with Crippen LogP contribution in [-0.4, -0.2) is 51.4 Å². The number of methoxy groups -OCH3 is 1. The summed E-state index contributed by atoms with van der Waals surface area (Å²) in [5, 5.41) is 3.28. The Hall–Kier alpha value is -3.27. The summed E-state index contributed by atoms with van der Waals surface area (Å²) in [7, 11) is -2.66. The molecule has 0 aliphatic heterocycles. The Bertz CT molecular complexity index is 1380. The Kier molecular flexibility index (Phi) is 11.2. The molecule has 2 amide bonds. The van der Waals surface area contributed by atoms with Crippen molar-refractivity contribution in [2.24, 2.45) is 0 Å². The number of halogens is 2. The Morgan fingerprint density at radius 2 is 1.60 bits per heavy atom. The molecule has 40 heavy (non-hydrogen) atoms. The highest BCUT2D eigenvalue weighted by Crippen LogP contribution is 2.30. The van der Waals surface area contributed by atoms with Crippen molar-refractivity contribution in [3.63, 3.8) is 0 Å². The smallest absolute Gasteiger partial charge is 0.264 e. The average molecular weight is 607 g/mol. The molecule has 0 spiro atoms. The highest BCUT2D eigenvalue weighted by Gasteiger charge is 2.32. The molecule has 8 nitrogen and oxygen atoms in total. The summed E-state index contributed by atoms with van der Waals surface area (Å²) in [6.45, 7) is 3.59. The molecule has 11 heteroatoms. The van der Waals surface area contributed by atoms with E-state index in [1.807, 2.05) is 6.92 Å². The Morgan fingerprint density at radius 1 is 0.975 bits per heavy atom. The highest BCUT2D eigenvalue weighted by molar-refractivity contribution is 7.92. The second-order valence-corrected chi connectivity index (χ2v) is 11.9. The number of amides is 2. The van der Waals surface area contributed by atoms with Crippen molar-refractivity contribution in [1.82, 2.24) is 10.2 Å². The van der Waals surface area contributed by atoms with Gasteiger partial charge in [-0.25, -0.2) is 8.42 Å². The second kappa shape index (κ2) is 14.4. The summed E-state index contributed by atoms with van der Waals surface area (Å²) >= 11 is 12.4. The van der Waals surface area contributed by atoms with Crippen LogP contribution in [0, 0.1) is 0 Å². The van der Waals surface area contributed by atoms with Crippen molar-refractivity contribution in [2.75, 3.05) is 24.5 Å². The number of sulfonamides is 1. The zero-order chi connectivity index (χ0) is 29.3. The molecule has 0 saturated carbocycles. The fraction of sp³-hybridized carbons (Fsp3) is 0.310. The molecule has 1 atom stereocenters. The molecule has 0 aliphatic rings. The Morgan fingerprint density at radius 3 is 2.17 bits per heavy atom. The number of anilines is 1. The first kappa shape index (κ1) is 31.3. The number of carbonyl (C=O) groups excluding carboxylic acids is 2. The van der Waals surface area contributed by atoms with Crippen molar-refractivity contribution < 1.29 is 22.7 Å². The quantitative estimate of drug-likeness (QED) is 0.258. The van der Waals surface area contributed by atoms with E-state index in [0.29, 0.717) is 12.3 Å². The van der Waals surface area contributed by atoms with E-state index >= 15 is 0 Å². The fourth-order valence-corrected chi connectivity index (χ4v) is 5.91. The lowest BCUT2D eigenvalue weighted by Gasteiger charge is -2.32. The molecule has 0 saturated heterocycles. The highest BCUT2D eigenvalue weighted by atomic mass is 35.5. The van der Waals surface area contributed by atoms with Gasteiger partial charge in [0.2, 0.25) is 11.8 Å². The monoisotopic (exact) mass is 605 g/mol. The number of hydrogen-bond acceptors (Lipinski definition) is 5. The summed E-state index contributed by atoms with van der Waals surface area (Å²) in [6.07, 6.45) is 1.70. The van der Waals surface area contributed by atoms with Crippen molar-refractivity contribution >= 4 is 50.7 Å². The van der Waals surface area contributed by atoms with E-state index < -0.39 is 28.5 Å². The number of nitrogens with one attached hydrogen (secondary N) is 1. The Labute approximate surface area is 245 Å². The Balaban J connectivity index is 2.01. The third-order valence-corrected chi connectivity index (χ3v) is 8.48. The fourth-order valence-electron chi connectivity index (χ4n) is 3.98. The van der Waals surface area contributed by atoms with Gasteiger partial charge in [0.05, 0.1) is 17.7 Å². The zero-order valence-corrected chi connectivity index (χ0v) is 25.0. The SMILES string of the molecule is CCCCNC(=O)C(C)N(Cc1ccc(OC)cc1)C(=O)CN(c1cc(Cl)cc(Cl)c1)S(=O)(=O)c1ccccc1. The van der Waals surface area contributed by atoms with Crippen LogP contribution in [0.3, 0.4) is 0 Å².